The van der Waals surface area contributed by atoms with Crippen molar-refractivity contribution in [3.8, 4) is 0 Å². The normalized spacial score (nSPS) is 12.4. The summed E-state index contributed by atoms with van der Waals surface area (Å²) >= 11 is 18.1. The molecule has 0 fully saturated rings. The molecule has 0 heterocycles. The molecule has 0 bridgehead atoms. The van der Waals surface area contributed by atoms with Crippen molar-refractivity contribution >= 4 is 34.8 Å². The summed E-state index contributed by atoms with van der Waals surface area (Å²) in [6.07, 6.45) is 1.57. The van der Waals surface area contributed by atoms with Crippen molar-refractivity contribution in [1.29, 1.82) is 0 Å². The first-order chi connectivity index (χ1) is 9.58. The Hall–Kier alpha value is -0.760. The summed E-state index contributed by atoms with van der Waals surface area (Å²) in [5.41, 5.74) is 2.10. The van der Waals surface area contributed by atoms with Crippen molar-refractivity contribution in [2.45, 2.75) is 12.8 Å². The zero-order valence-electron chi connectivity index (χ0n) is 10.8. The fraction of sp³-hybridized carbons (Fsp3) is 0.250. The average molecular weight is 332 g/mol. The van der Waals surface area contributed by atoms with Gasteiger partial charge in [-0.25, -0.2) is 4.39 Å². The second-order valence-electron chi connectivity index (χ2n) is 4.79. The molecule has 2 aromatic carbocycles. The van der Waals surface area contributed by atoms with Crippen LogP contribution in [0.25, 0.3) is 0 Å². The summed E-state index contributed by atoms with van der Waals surface area (Å²) in [6.45, 7) is 0. The lowest BCUT2D eigenvalue weighted by molar-refractivity contribution is 0.581. The number of rotatable bonds is 5. The van der Waals surface area contributed by atoms with Gasteiger partial charge in [0.15, 0.2) is 0 Å². The third kappa shape index (κ3) is 4.37. The largest absolute Gasteiger partial charge is 0.207 e. The molecule has 2 aromatic rings. The molecule has 0 saturated heterocycles. The van der Waals surface area contributed by atoms with E-state index >= 15 is 0 Å². The first kappa shape index (κ1) is 15.6. The number of alkyl halides is 1. The molecular formula is C16H14Cl3F. The van der Waals surface area contributed by atoms with E-state index in [1.807, 2.05) is 12.1 Å². The first-order valence-corrected chi connectivity index (χ1v) is 7.62. The molecule has 1 unspecified atom stereocenters. The molecule has 0 N–H and O–H groups in total. The van der Waals surface area contributed by atoms with Crippen molar-refractivity contribution < 1.29 is 4.39 Å². The molecule has 106 valence electrons. The third-order valence-electron chi connectivity index (χ3n) is 3.18. The summed E-state index contributed by atoms with van der Waals surface area (Å²) < 4.78 is 12.9. The standard InChI is InChI=1S/C16H14Cl3F/c17-10-12(7-11-1-5-15(20)6-2-11)8-13-3-4-14(18)9-16(13)19/h1-6,9,12H,7-8,10H2. The molecule has 4 heteroatoms. The highest BCUT2D eigenvalue weighted by Crippen LogP contribution is 2.25. The van der Waals surface area contributed by atoms with Crippen molar-refractivity contribution in [1.82, 2.24) is 0 Å². The Bertz CT molecular complexity index is 566. The van der Waals surface area contributed by atoms with E-state index in [1.54, 1.807) is 18.2 Å². The first-order valence-electron chi connectivity index (χ1n) is 6.33. The van der Waals surface area contributed by atoms with Crippen LogP contribution in [-0.2, 0) is 12.8 Å². The van der Waals surface area contributed by atoms with Crippen LogP contribution in [0.3, 0.4) is 0 Å². The van der Waals surface area contributed by atoms with Crippen molar-refractivity contribution in [2.75, 3.05) is 5.88 Å². The van der Waals surface area contributed by atoms with E-state index in [0.717, 1.165) is 24.0 Å². The molecule has 2 rings (SSSR count). The highest BCUT2D eigenvalue weighted by molar-refractivity contribution is 6.35. The van der Waals surface area contributed by atoms with Crippen molar-refractivity contribution in [2.24, 2.45) is 5.92 Å². The predicted octanol–water partition coefficient (Wildman–Crippen LogP) is 5.77. The number of benzene rings is 2. The van der Waals surface area contributed by atoms with Crippen LogP contribution in [0.4, 0.5) is 4.39 Å². The van der Waals surface area contributed by atoms with Crippen LogP contribution in [0.5, 0.6) is 0 Å². The Kier molecular flexibility index (Phi) is 5.71. The van der Waals surface area contributed by atoms with E-state index in [1.165, 1.54) is 12.1 Å². The van der Waals surface area contributed by atoms with Crippen LogP contribution in [0.1, 0.15) is 11.1 Å². The van der Waals surface area contributed by atoms with Crippen molar-refractivity contribution in [3.63, 3.8) is 0 Å². The maximum atomic E-state index is 12.9. The Balaban J connectivity index is 2.07. The monoisotopic (exact) mass is 330 g/mol. The summed E-state index contributed by atoms with van der Waals surface area (Å²) in [7, 11) is 0. The van der Waals surface area contributed by atoms with Crippen LogP contribution >= 0.6 is 34.8 Å². The summed E-state index contributed by atoms with van der Waals surface area (Å²) in [6, 6.07) is 12.0. The molecular weight excluding hydrogens is 318 g/mol. The second-order valence-corrected chi connectivity index (χ2v) is 5.94. The highest BCUT2D eigenvalue weighted by Gasteiger charge is 2.12. The van der Waals surface area contributed by atoms with E-state index in [4.69, 9.17) is 34.8 Å². The highest BCUT2D eigenvalue weighted by atomic mass is 35.5. The molecule has 0 nitrogen and oxygen atoms in total. The van der Waals surface area contributed by atoms with Crippen LogP contribution in [0.15, 0.2) is 42.5 Å². The Morgan fingerprint density at radius 3 is 2.25 bits per heavy atom. The van der Waals surface area contributed by atoms with Gasteiger partial charge in [0.25, 0.3) is 0 Å². The van der Waals surface area contributed by atoms with Gasteiger partial charge in [-0.05, 0) is 54.2 Å². The maximum Gasteiger partial charge on any atom is 0.123 e. The molecule has 0 saturated carbocycles. The second kappa shape index (κ2) is 7.31. The van der Waals surface area contributed by atoms with Crippen LogP contribution in [0.2, 0.25) is 10.0 Å². The molecule has 0 aliphatic rings. The fourth-order valence-corrected chi connectivity index (χ4v) is 2.84. The van der Waals surface area contributed by atoms with Gasteiger partial charge in [-0.2, -0.15) is 0 Å². The van der Waals surface area contributed by atoms with Gasteiger partial charge < -0.3 is 0 Å². The Morgan fingerprint density at radius 2 is 1.65 bits per heavy atom. The summed E-state index contributed by atoms with van der Waals surface area (Å²) in [4.78, 5) is 0. The molecule has 0 amide bonds. The average Bonchev–Trinajstić information content (AvgIpc) is 2.43. The van der Waals surface area contributed by atoms with Crippen molar-refractivity contribution in [3.05, 3.63) is 69.5 Å². The smallest absolute Gasteiger partial charge is 0.123 e. The topological polar surface area (TPSA) is 0 Å². The Morgan fingerprint density at radius 1 is 0.950 bits per heavy atom. The number of hydrogen-bond donors (Lipinski definition) is 0. The SMILES string of the molecule is Fc1ccc(CC(CCl)Cc2ccc(Cl)cc2Cl)cc1. The minimum Gasteiger partial charge on any atom is -0.207 e. The number of halogens is 4. The quantitative estimate of drug-likeness (QED) is 0.610. The lowest BCUT2D eigenvalue weighted by Gasteiger charge is -2.15. The number of hydrogen-bond acceptors (Lipinski definition) is 0. The minimum atomic E-state index is -0.225. The lowest BCUT2D eigenvalue weighted by atomic mass is 9.94. The van der Waals surface area contributed by atoms with Crippen LogP contribution in [0, 0.1) is 11.7 Å². The van der Waals surface area contributed by atoms with E-state index < -0.39 is 0 Å². The van der Waals surface area contributed by atoms with Gasteiger partial charge >= 0.3 is 0 Å². The van der Waals surface area contributed by atoms with Crippen LogP contribution in [-0.4, -0.2) is 5.88 Å². The molecule has 1 atom stereocenters. The molecule has 0 radical (unpaired) electrons. The van der Waals surface area contributed by atoms with Gasteiger partial charge in [-0.15, -0.1) is 11.6 Å². The lowest BCUT2D eigenvalue weighted by Crippen LogP contribution is -2.10. The minimum absolute atomic E-state index is 0.225. The summed E-state index contributed by atoms with van der Waals surface area (Å²) in [5.74, 6) is 0.550. The van der Waals surface area contributed by atoms with Gasteiger partial charge in [-0.3, -0.25) is 0 Å². The van der Waals surface area contributed by atoms with E-state index in [0.29, 0.717) is 15.9 Å². The fourth-order valence-electron chi connectivity index (χ4n) is 2.13. The Labute approximate surface area is 133 Å². The summed E-state index contributed by atoms with van der Waals surface area (Å²) in [5, 5.41) is 1.28. The zero-order valence-corrected chi connectivity index (χ0v) is 13.0. The molecule has 0 aliphatic carbocycles. The van der Waals surface area contributed by atoms with Gasteiger partial charge in [0, 0.05) is 15.9 Å². The van der Waals surface area contributed by atoms with Crippen LogP contribution < -0.4 is 0 Å². The van der Waals surface area contributed by atoms with Gasteiger partial charge in [0.2, 0.25) is 0 Å². The van der Waals surface area contributed by atoms with E-state index in [9.17, 15) is 4.39 Å². The van der Waals surface area contributed by atoms with Gasteiger partial charge in [-0.1, -0.05) is 41.4 Å². The third-order valence-corrected chi connectivity index (χ3v) is 4.20. The zero-order chi connectivity index (χ0) is 14.5. The molecule has 20 heavy (non-hydrogen) atoms. The van der Waals surface area contributed by atoms with Gasteiger partial charge in [0.05, 0.1) is 0 Å². The maximum absolute atomic E-state index is 12.9. The molecule has 0 aromatic heterocycles. The predicted molar refractivity (Wildman–Crippen MR) is 84.5 cm³/mol. The van der Waals surface area contributed by atoms with Gasteiger partial charge in [0.1, 0.15) is 5.82 Å². The molecule has 0 aliphatic heterocycles. The molecule has 0 spiro atoms. The van der Waals surface area contributed by atoms with E-state index in [-0.39, 0.29) is 11.7 Å². The van der Waals surface area contributed by atoms with E-state index in [2.05, 4.69) is 0 Å².